The molecule has 11 heteroatoms. The van der Waals surface area contributed by atoms with Gasteiger partial charge >= 0.3 is 0 Å². The predicted molar refractivity (Wildman–Crippen MR) is 122 cm³/mol. The van der Waals surface area contributed by atoms with Crippen LogP contribution in [0.5, 0.6) is 23.0 Å². The number of hydrogen-bond acceptors (Lipinski definition) is 11. The molecule has 0 spiro atoms. The van der Waals surface area contributed by atoms with Gasteiger partial charge in [-0.25, -0.2) is 0 Å². The number of phenolic OH excluding ortho intramolecular Hbond substituents is 1. The van der Waals surface area contributed by atoms with Crippen molar-refractivity contribution < 1.29 is 48.9 Å². The van der Waals surface area contributed by atoms with Crippen molar-refractivity contribution in [1.82, 2.24) is 0 Å². The largest absolute Gasteiger partial charge is 0.507 e. The molecule has 5 unspecified atom stereocenters. The number of aliphatic hydroxyl groups excluding tert-OH is 4. The van der Waals surface area contributed by atoms with Gasteiger partial charge in [0.05, 0.1) is 33.5 Å². The molecule has 1 fully saturated rings. The summed E-state index contributed by atoms with van der Waals surface area (Å²) in [4.78, 5) is 13.3. The number of hydrogen-bond donors (Lipinski definition) is 5. The minimum Gasteiger partial charge on any atom is -0.507 e. The Morgan fingerprint density at radius 2 is 1.69 bits per heavy atom. The van der Waals surface area contributed by atoms with Crippen molar-refractivity contribution >= 4 is 11.0 Å². The van der Waals surface area contributed by atoms with Crippen LogP contribution >= 0.6 is 0 Å². The standard InChI is InChI=1S/C24H26O11/c1-31-11-6-14(26)18-15(7-11)34-9-13(19(18)27)10-4-12(23(33-3)16(5-10)32-2)24-22(30)21(29)20(28)17(8-25)35-24/h4-7,9,17,20-22,24-26,28-30H,8H2,1-3H3. The Hall–Kier alpha value is -3.35. The molecule has 2 aromatic carbocycles. The third kappa shape index (κ3) is 4.17. The molecule has 0 amide bonds. The second-order valence-corrected chi connectivity index (χ2v) is 8.05. The zero-order chi connectivity index (χ0) is 25.4. The molecule has 5 atom stereocenters. The van der Waals surface area contributed by atoms with Crippen molar-refractivity contribution in [2.75, 3.05) is 27.9 Å². The topological polar surface area (TPSA) is 168 Å². The summed E-state index contributed by atoms with van der Waals surface area (Å²) < 4.78 is 27.3. The van der Waals surface area contributed by atoms with Gasteiger partial charge in [0, 0.05) is 17.7 Å². The van der Waals surface area contributed by atoms with E-state index in [9.17, 15) is 30.3 Å². The number of methoxy groups -OCH3 is 3. The zero-order valence-electron chi connectivity index (χ0n) is 19.2. The average molecular weight is 490 g/mol. The van der Waals surface area contributed by atoms with Gasteiger partial charge in [0.25, 0.3) is 0 Å². The lowest BCUT2D eigenvalue weighted by Gasteiger charge is -2.40. The highest BCUT2D eigenvalue weighted by molar-refractivity contribution is 5.88. The first-order valence-electron chi connectivity index (χ1n) is 10.6. The lowest BCUT2D eigenvalue weighted by Crippen LogP contribution is -2.55. The van der Waals surface area contributed by atoms with Gasteiger partial charge < -0.3 is 48.9 Å². The molecule has 1 aliphatic heterocycles. The summed E-state index contributed by atoms with van der Waals surface area (Å²) in [6.45, 7) is -0.614. The molecule has 1 aliphatic rings. The van der Waals surface area contributed by atoms with E-state index in [4.69, 9.17) is 23.4 Å². The highest BCUT2D eigenvalue weighted by Crippen LogP contribution is 2.44. The summed E-state index contributed by atoms with van der Waals surface area (Å²) in [6, 6.07) is 5.74. The van der Waals surface area contributed by atoms with Gasteiger partial charge in [-0.15, -0.1) is 0 Å². The minimum atomic E-state index is -1.62. The molecule has 4 rings (SSSR count). The Labute approximate surface area is 199 Å². The maximum Gasteiger partial charge on any atom is 0.204 e. The fourth-order valence-corrected chi connectivity index (χ4v) is 4.24. The van der Waals surface area contributed by atoms with Gasteiger partial charge in [0.2, 0.25) is 5.43 Å². The molecular weight excluding hydrogens is 464 g/mol. The van der Waals surface area contributed by atoms with Crippen molar-refractivity contribution in [1.29, 1.82) is 0 Å². The zero-order valence-corrected chi connectivity index (χ0v) is 19.2. The number of fused-ring (bicyclic) bond motifs is 1. The second kappa shape index (κ2) is 9.72. The molecule has 35 heavy (non-hydrogen) atoms. The third-order valence-electron chi connectivity index (χ3n) is 6.08. The fraction of sp³-hybridized carbons (Fsp3) is 0.375. The Kier molecular flexibility index (Phi) is 6.88. The smallest absolute Gasteiger partial charge is 0.204 e. The maximum absolute atomic E-state index is 13.3. The number of benzene rings is 2. The first kappa shape index (κ1) is 24.8. The van der Waals surface area contributed by atoms with Crippen LogP contribution in [0.1, 0.15) is 11.7 Å². The van der Waals surface area contributed by atoms with E-state index in [0.29, 0.717) is 5.75 Å². The van der Waals surface area contributed by atoms with E-state index < -0.39 is 42.6 Å². The predicted octanol–water partition coefficient (Wildman–Crippen LogP) is 0.706. The summed E-state index contributed by atoms with van der Waals surface area (Å²) in [5.74, 6) is 0.306. The van der Waals surface area contributed by atoms with E-state index in [1.54, 1.807) is 0 Å². The van der Waals surface area contributed by atoms with Gasteiger partial charge in [-0.2, -0.15) is 0 Å². The number of rotatable bonds is 6. The molecule has 11 nitrogen and oxygen atoms in total. The van der Waals surface area contributed by atoms with Crippen molar-refractivity contribution in [2.24, 2.45) is 0 Å². The first-order valence-corrected chi connectivity index (χ1v) is 10.6. The molecule has 2 heterocycles. The third-order valence-corrected chi connectivity index (χ3v) is 6.08. The molecular formula is C24H26O11. The Bertz CT molecular complexity index is 1280. The molecule has 0 bridgehead atoms. The lowest BCUT2D eigenvalue weighted by molar-refractivity contribution is -0.232. The molecule has 0 saturated carbocycles. The van der Waals surface area contributed by atoms with E-state index >= 15 is 0 Å². The SMILES string of the molecule is COc1cc(O)c2c(=O)c(-c3cc(OC)c(OC)c(C4OC(CO)C(O)C(O)C4O)c3)coc2c1. The van der Waals surface area contributed by atoms with Crippen molar-refractivity contribution in [3.05, 3.63) is 46.3 Å². The van der Waals surface area contributed by atoms with Crippen LogP contribution in [0.25, 0.3) is 22.1 Å². The van der Waals surface area contributed by atoms with Crippen molar-refractivity contribution in [2.45, 2.75) is 30.5 Å². The summed E-state index contributed by atoms with van der Waals surface area (Å²) in [5.41, 5.74) is 0.103. The van der Waals surface area contributed by atoms with Crippen molar-refractivity contribution in [3.8, 4) is 34.1 Å². The summed E-state index contributed by atoms with van der Waals surface area (Å²) in [6.07, 6.45) is -5.96. The summed E-state index contributed by atoms with van der Waals surface area (Å²) in [5, 5.41) is 51.0. The van der Waals surface area contributed by atoms with E-state index in [1.165, 1.54) is 51.9 Å². The Morgan fingerprint density at radius 3 is 2.31 bits per heavy atom. The minimum absolute atomic E-state index is 0.0600. The Balaban J connectivity index is 1.92. The fourth-order valence-electron chi connectivity index (χ4n) is 4.24. The Morgan fingerprint density at radius 1 is 0.943 bits per heavy atom. The molecule has 3 aromatic rings. The second-order valence-electron chi connectivity index (χ2n) is 8.05. The van der Waals surface area contributed by atoms with Gasteiger partial charge in [0.1, 0.15) is 59.3 Å². The summed E-state index contributed by atoms with van der Waals surface area (Å²) in [7, 11) is 4.15. The van der Waals surface area contributed by atoms with Gasteiger partial charge in [0.15, 0.2) is 11.5 Å². The van der Waals surface area contributed by atoms with Gasteiger partial charge in [-0.05, 0) is 17.7 Å². The lowest BCUT2D eigenvalue weighted by atomic mass is 9.89. The van der Waals surface area contributed by atoms with Crippen LogP contribution in [0.2, 0.25) is 0 Å². The van der Waals surface area contributed by atoms with Crippen LogP contribution in [-0.2, 0) is 4.74 Å². The highest BCUT2D eigenvalue weighted by atomic mass is 16.5. The molecule has 0 aliphatic carbocycles. The average Bonchev–Trinajstić information content (AvgIpc) is 2.86. The molecule has 5 N–H and O–H groups in total. The number of aromatic hydroxyl groups is 1. The molecule has 1 saturated heterocycles. The van der Waals surface area contributed by atoms with Gasteiger partial charge in [-0.3, -0.25) is 4.79 Å². The van der Waals surface area contributed by atoms with Crippen LogP contribution in [0, 0.1) is 0 Å². The maximum atomic E-state index is 13.3. The van der Waals surface area contributed by atoms with Gasteiger partial charge in [-0.1, -0.05) is 0 Å². The number of phenols is 1. The highest BCUT2D eigenvalue weighted by Gasteiger charge is 2.45. The van der Waals surface area contributed by atoms with Crippen molar-refractivity contribution in [3.63, 3.8) is 0 Å². The van der Waals surface area contributed by atoms with Crippen LogP contribution < -0.4 is 19.6 Å². The van der Waals surface area contributed by atoms with Crippen LogP contribution in [-0.4, -0.2) is 77.9 Å². The molecule has 1 aromatic heterocycles. The molecule has 0 radical (unpaired) electrons. The quantitative estimate of drug-likeness (QED) is 0.330. The first-order chi connectivity index (χ1) is 16.7. The summed E-state index contributed by atoms with van der Waals surface area (Å²) >= 11 is 0. The van der Waals surface area contributed by atoms with E-state index in [1.807, 2.05) is 0 Å². The molecule has 188 valence electrons. The monoisotopic (exact) mass is 490 g/mol. The number of aliphatic hydroxyl groups is 4. The van der Waals surface area contributed by atoms with Crippen LogP contribution in [0.3, 0.4) is 0 Å². The van der Waals surface area contributed by atoms with Crippen LogP contribution in [0.15, 0.2) is 39.7 Å². The van der Waals surface area contributed by atoms with E-state index in [0.717, 1.165) is 0 Å². The van der Waals surface area contributed by atoms with E-state index in [-0.39, 0.29) is 44.9 Å². The number of ether oxygens (including phenoxy) is 4. The van der Waals surface area contributed by atoms with E-state index in [2.05, 4.69) is 0 Å². The normalized spacial score (nSPS) is 24.4. The van der Waals surface area contributed by atoms with Crippen LogP contribution in [0.4, 0.5) is 0 Å².